The number of benzene rings is 2. The predicted octanol–water partition coefficient (Wildman–Crippen LogP) is 6.54. The minimum atomic E-state index is -0.207. The van der Waals surface area contributed by atoms with E-state index in [9.17, 15) is 4.39 Å². The maximum Gasteiger partial charge on any atom is 0.246 e. The number of rotatable bonds is 9. The van der Waals surface area contributed by atoms with Gasteiger partial charge in [0.1, 0.15) is 17.4 Å². The smallest absolute Gasteiger partial charge is 0.246 e. The van der Waals surface area contributed by atoms with Gasteiger partial charge in [0.2, 0.25) is 5.95 Å². The third-order valence-corrected chi connectivity index (χ3v) is 7.29. The second-order valence-electron chi connectivity index (χ2n) is 9.76. The summed E-state index contributed by atoms with van der Waals surface area (Å²) in [6.45, 7) is 4.09. The van der Waals surface area contributed by atoms with Crippen LogP contribution in [0.25, 0.3) is 5.69 Å². The summed E-state index contributed by atoms with van der Waals surface area (Å²) in [5.74, 6) is 5.69. The number of anilines is 1. The Morgan fingerprint density at radius 1 is 1.20 bits per heavy atom. The van der Waals surface area contributed by atoms with Crippen molar-refractivity contribution in [2.45, 2.75) is 57.9 Å². The van der Waals surface area contributed by atoms with Gasteiger partial charge in [0.25, 0.3) is 0 Å². The van der Waals surface area contributed by atoms with Gasteiger partial charge in [0.15, 0.2) is 0 Å². The maximum atomic E-state index is 14.6. The van der Waals surface area contributed by atoms with Crippen molar-refractivity contribution in [1.29, 1.82) is 0 Å². The van der Waals surface area contributed by atoms with Gasteiger partial charge in [0.05, 0.1) is 30.4 Å². The zero-order chi connectivity index (χ0) is 24.7. The number of methoxy groups -OCH3 is 1. The second-order valence-corrected chi connectivity index (χ2v) is 10.2. The van der Waals surface area contributed by atoms with Crippen molar-refractivity contribution in [3.8, 4) is 23.8 Å². The molecular weight excluding hydrogens is 463 g/mol. The summed E-state index contributed by atoms with van der Waals surface area (Å²) in [5, 5.41) is 5.49. The highest BCUT2D eigenvalue weighted by atomic mass is 35.5. The van der Waals surface area contributed by atoms with Gasteiger partial charge in [-0.05, 0) is 67.9 Å². The molecule has 7 heteroatoms. The van der Waals surface area contributed by atoms with Crippen LogP contribution >= 0.6 is 11.6 Å². The number of halogens is 2. The molecule has 35 heavy (non-hydrogen) atoms. The molecule has 0 N–H and O–H groups in total. The van der Waals surface area contributed by atoms with E-state index in [0.29, 0.717) is 34.9 Å². The summed E-state index contributed by atoms with van der Waals surface area (Å²) >= 11 is 6.67. The van der Waals surface area contributed by atoms with E-state index >= 15 is 0 Å². The van der Waals surface area contributed by atoms with E-state index in [0.717, 1.165) is 47.7 Å². The molecule has 0 aliphatic heterocycles. The van der Waals surface area contributed by atoms with E-state index in [1.807, 2.05) is 35.9 Å². The fourth-order valence-electron chi connectivity index (χ4n) is 4.60. The Kier molecular flexibility index (Phi) is 6.46. The lowest BCUT2D eigenvalue weighted by Gasteiger charge is -2.30. The molecule has 182 valence electrons. The van der Waals surface area contributed by atoms with Gasteiger partial charge in [0, 0.05) is 12.0 Å². The lowest BCUT2D eigenvalue weighted by molar-refractivity contribution is 0.411. The van der Waals surface area contributed by atoms with Gasteiger partial charge in [-0.1, -0.05) is 42.5 Å². The molecule has 1 aromatic heterocycles. The molecule has 0 radical (unpaired) electrons. The molecular formula is C28H30ClFN4O. The lowest BCUT2D eigenvalue weighted by atomic mass is 9.98. The average Bonchev–Trinajstić information content (AvgIpc) is 3.78. The van der Waals surface area contributed by atoms with Crippen LogP contribution in [0.1, 0.15) is 66.6 Å². The van der Waals surface area contributed by atoms with Crippen LogP contribution in [0.4, 0.5) is 10.3 Å². The number of aromatic nitrogens is 3. The second kappa shape index (κ2) is 9.54. The molecule has 0 bridgehead atoms. The van der Waals surface area contributed by atoms with E-state index < -0.39 is 0 Å². The Morgan fingerprint density at radius 3 is 2.60 bits per heavy atom. The first-order chi connectivity index (χ1) is 16.9. The highest BCUT2D eigenvalue weighted by Crippen LogP contribution is 2.44. The Bertz CT molecular complexity index is 1290. The number of terminal acetylenes is 1. The van der Waals surface area contributed by atoms with Gasteiger partial charge in [-0.3, -0.25) is 0 Å². The van der Waals surface area contributed by atoms with Crippen LogP contribution in [0, 0.1) is 37.9 Å². The van der Waals surface area contributed by atoms with Gasteiger partial charge in [-0.2, -0.15) is 4.98 Å². The molecule has 1 heterocycles. The maximum absolute atomic E-state index is 14.6. The van der Waals surface area contributed by atoms with Gasteiger partial charge in [-0.15, -0.1) is 11.5 Å². The first kappa shape index (κ1) is 23.7. The van der Waals surface area contributed by atoms with Crippen molar-refractivity contribution in [2.24, 2.45) is 5.92 Å². The van der Waals surface area contributed by atoms with Crippen molar-refractivity contribution in [2.75, 3.05) is 18.6 Å². The highest BCUT2D eigenvalue weighted by molar-refractivity contribution is 6.32. The van der Waals surface area contributed by atoms with E-state index in [4.69, 9.17) is 32.8 Å². The molecule has 0 saturated heterocycles. The van der Waals surface area contributed by atoms with Crippen LogP contribution in [0.5, 0.6) is 5.75 Å². The molecule has 0 spiro atoms. The predicted molar refractivity (Wildman–Crippen MR) is 137 cm³/mol. The Labute approximate surface area is 211 Å². The average molecular weight is 493 g/mol. The molecule has 5 rings (SSSR count). The summed E-state index contributed by atoms with van der Waals surface area (Å²) in [6.07, 6.45) is 11.2. The molecule has 0 amide bonds. The Balaban J connectivity index is 1.60. The van der Waals surface area contributed by atoms with Gasteiger partial charge >= 0.3 is 0 Å². The van der Waals surface area contributed by atoms with E-state index in [2.05, 4.69) is 10.8 Å². The summed E-state index contributed by atoms with van der Waals surface area (Å²) < 4.78 is 21.9. The molecule has 3 aromatic rings. The molecule has 2 aliphatic carbocycles. The van der Waals surface area contributed by atoms with Crippen molar-refractivity contribution >= 4 is 17.5 Å². The zero-order valence-electron chi connectivity index (χ0n) is 20.4. The van der Waals surface area contributed by atoms with E-state index in [1.54, 1.807) is 20.1 Å². The van der Waals surface area contributed by atoms with Crippen LogP contribution in [0.2, 0.25) is 5.02 Å². The first-order valence-corrected chi connectivity index (χ1v) is 12.5. The summed E-state index contributed by atoms with van der Waals surface area (Å²) in [7, 11) is 1.63. The normalized spacial score (nSPS) is 16.1. The minimum absolute atomic E-state index is 0.107. The number of aryl methyl sites for hydroxylation is 2. The fourth-order valence-corrected chi connectivity index (χ4v) is 4.83. The van der Waals surface area contributed by atoms with Crippen LogP contribution in [-0.4, -0.2) is 28.4 Å². The standard InChI is InChI=1S/C28H30ClFN4O/c1-5-12-33(24(14-19-7-8-19)21-9-6-17(2)23(30)15-21)28-31-27(20-10-11-20)34(32-28)25-13-18(3)26(35-4)16-22(25)29/h1,6,9,13,15-16,19-20,24H,7-8,10-12,14H2,2-4H3. The van der Waals surface area contributed by atoms with Gasteiger partial charge < -0.3 is 9.64 Å². The third-order valence-electron chi connectivity index (χ3n) is 6.98. The van der Waals surface area contributed by atoms with Crippen molar-refractivity contribution < 1.29 is 9.13 Å². The molecule has 5 nitrogen and oxygen atoms in total. The molecule has 1 unspecified atom stereocenters. The zero-order valence-corrected chi connectivity index (χ0v) is 21.1. The number of nitrogens with zero attached hydrogens (tertiary/aromatic N) is 4. The topological polar surface area (TPSA) is 43.2 Å². The summed E-state index contributed by atoms with van der Waals surface area (Å²) in [5.41, 5.74) is 3.27. The van der Waals surface area contributed by atoms with E-state index in [1.165, 1.54) is 12.8 Å². The number of ether oxygens (including phenoxy) is 1. The SMILES string of the molecule is C#CCN(c1nc(C2CC2)n(-c2cc(C)c(OC)cc2Cl)n1)C(CC1CC1)c1ccc(C)c(F)c1. The fraction of sp³-hybridized carbons (Fsp3) is 0.429. The highest BCUT2D eigenvalue weighted by Gasteiger charge is 2.35. The summed E-state index contributed by atoms with van der Waals surface area (Å²) in [4.78, 5) is 7.04. The van der Waals surface area contributed by atoms with Crippen LogP contribution in [0.15, 0.2) is 30.3 Å². The van der Waals surface area contributed by atoms with Crippen LogP contribution in [-0.2, 0) is 0 Å². The quantitative estimate of drug-likeness (QED) is 0.318. The van der Waals surface area contributed by atoms with Crippen LogP contribution < -0.4 is 9.64 Å². The Morgan fingerprint density at radius 2 is 1.97 bits per heavy atom. The molecule has 1 atom stereocenters. The van der Waals surface area contributed by atoms with E-state index in [-0.39, 0.29) is 11.9 Å². The molecule has 2 saturated carbocycles. The minimum Gasteiger partial charge on any atom is -0.496 e. The first-order valence-electron chi connectivity index (χ1n) is 12.2. The third kappa shape index (κ3) is 4.88. The van der Waals surface area contributed by atoms with Crippen molar-refractivity contribution in [3.05, 3.63) is 63.7 Å². The van der Waals surface area contributed by atoms with Crippen molar-refractivity contribution in [3.63, 3.8) is 0 Å². The molecule has 2 fully saturated rings. The number of hydrogen-bond donors (Lipinski definition) is 0. The van der Waals surface area contributed by atoms with Crippen molar-refractivity contribution in [1.82, 2.24) is 14.8 Å². The summed E-state index contributed by atoms with van der Waals surface area (Å²) in [6, 6.07) is 9.15. The lowest BCUT2D eigenvalue weighted by Crippen LogP contribution is -2.31. The Hall–Kier alpha value is -3.04. The molecule has 2 aromatic carbocycles. The largest absolute Gasteiger partial charge is 0.496 e. The molecule has 2 aliphatic rings. The van der Waals surface area contributed by atoms with Crippen LogP contribution in [0.3, 0.4) is 0 Å². The number of hydrogen-bond acceptors (Lipinski definition) is 4. The monoisotopic (exact) mass is 492 g/mol. The van der Waals surface area contributed by atoms with Gasteiger partial charge in [-0.25, -0.2) is 9.07 Å².